The number of halogens is 1. The van der Waals surface area contributed by atoms with Crippen molar-refractivity contribution in [3.8, 4) is 5.75 Å². The van der Waals surface area contributed by atoms with Crippen LogP contribution in [0.2, 0.25) is 5.02 Å². The molecule has 0 aliphatic heterocycles. The van der Waals surface area contributed by atoms with Crippen molar-refractivity contribution >= 4 is 34.8 Å². The van der Waals surface area contributed by atoms with Crippen LogP contribution in [0.5, 0.6) is 5.75 Å². The summed E-state index contributed by atoms with van der Waals surface area (Å²) < 4.78 is 0. The van der Waals surface area contributed by atoms with Gasteiger partial charge in [0.2, 0.25) is 0 Å². The topological polar surface area (TPSA) is 78.4 Å². The number of anilines is 2. The van der Waals surface area contributed by atoms with Gasteiger partial charge in [-0.3, -0.25) is 9.59 Å². The molecule has 0 fully saturated rings. The van der Waals surface area contributed by atoms with Crippen molar-refractivity contribution in [1.82, 2.24) is 0 Å². The first-order valence-electron chi connectivity index (χ1n) is 6.55. The Kier molecular flexibility index (Phi) is 4.68. The highest BCUT2D eigenvalue weighted by Gasteiger charge is 2.16. The van der Waals surface area contributed by atoms with Gasteiger partial charge in [-0.25, -0.2) is 0 Å². The molecule has 2 aromatic carbocycles. The van der Waals surface area contributed by atoms with E-state index in [1.54, 1.807) is 37.3 Å². The molecular formula is C16H15ClN2O3. The second kappa shape index (κ2) is 6.49. The smallest absolute Gasteiger partial charge is 0.314 e. The Morgan fingerprint density at radius 1 is 0.955 bits per heavy atom. The van der Waals surface area contributed by atoms with E-state index in [0.717, 1.165) is 11.1 Å². The minimum atomic E-state index is -0.875. The molecule has 0 aromatic heterocycles. The summed E-state index contributed by atoms with van der Waals surface area (Å²) >= 11 is 5.86. The second-order valence-electron chi connectivity index (χ2n) is 4.89. The van der Waals surface area contributed by atoms with Crippen LogP contribution in [-0.4, -0.2) is 16.9 Å². The fourth-order valence-corrected chi connectivity index (χ4v) is 2.01. The Morgan fingerprint density at radius 3 is 2.27 bits per heavy atom. The van der Waals surface area contributed by atoms with E-state index in [9.17, 15) is 14.7 Å². The number of carbonyl (C=O) groups is 2. The molecule has 0 bridgehead atoms. The molecule has 0 aliphatic rings. The summed E-state index contributed by atoms with van der Waals surface area (Å²) in [7, 11) is 0. The van der Waals surface area contributed by atoms with Crippen LogP contribution in [0.4, 0.5) is 11.4 Å². The summed E-state index contributed by atoms with van der Waals surface area (Å²) in [5.41, 5.74) is 2.27. The third-order valence-electron chi connectivity index (χ3n) is 3.05. The number of carbonyl (C=O) groups excluding carboxylic acids is 2. The molecule has 2 aromatic rings. The van der Waals surface area contributed by atoms with Crippen LogP contribution < -0.4 is 10.6 Å². The second-order valence-corrected chi connectivity index (χ2v) is 5.32. The first kappa shape index (κ1) is 15.9. The molecule has 0 spiro atoms. The van der Waals surface area contributed by atoms with E-state index in [1.165, 1.54) is 6.07 Å². The summed E-state index contributed by atoms with van der Waals surface area (Å²) in [4.78, 5) is 23.8. The number of rotatable bonds is 2. The van der Waals surface area contributed by atoms with Crippen molar-refractivity contribution < 1.29 is 14.7 Å². The Bertz CT molecular complexity index is 681. The number of amides is 2. The van der Waals surface area contributed by atoms with Crippen LogP contribution in [0.3, 0.4) is 0 Å². The number of aromatic hydroxyl groups is 1. The fraction of sp³-hybridized carbons (Fsp3) is 0.125. The van der Waals surface area contributed by atoms with E-state index < -0.39 is 11.8 Å². The Morgan fingerprint density at radius 2 is 1.59 bits per heavy atom. The third kappa shape index (κ3) is 3.77. The molecule has 0 radical (unpaired) electrons. The van der Waals surface area contributed by atoms with E-state index in [4.69, 9.17) is 11.6 Å². The van der Waals surface area contributed by atoms with Gasteiger partial charge in [-0.05, 0) is 49.2 Å². The molecule has 0 saturated heterocycles. The quantitative estimate of drug-likeness (QED) is 0.587. The molecule has 2 rings (SSSR count). The van der Waals surface area contributed by atoms with Gasteiger partial charge in [0.15, 0.2) is 0 Å². The zero-order valence-electron chi connectivity index (χ0n) is 12.1. The number of phenols is 1. The maximum atomic E-state index is 11.9. The summed E-state index contributed by atoms with van der Waals surface area (Å²) in [6.45, 7) is 3.60. The molecule has 2 amide bonds. The average Bonchev–Trinajstić information content (AvgIpc) is 2.46. The van der Waals surface area contributed by atoms with Crippen LogP contribution >= 0.6 is 11.6 Å². The molecular weight excluding hydrogens is 304 g/mol. The first-order valence-corrected chi connectivity index (χ1v) is 6.92. The van der Waals surface area contributed by atoms with Gasteiger partial charge in [0.05, 0.1) is 5.69 Å². The highest BCUT2D eigenvalue weighted by molar-refractivity contribution is 6.44. The van der Waals surface area contributed by atoms with E-state index in [0.29, 0.717) is 10.7 Å². The lowest BCUT2D eigenvalue weighted by atomic mass is 10.2. The van der Waals surface area contributed by atoms with Gasteiger partial charge in [-0.2, -0.15) is 0 Å². The third-order valence-corrected chi connectivity index (χ3v) is 3.29. The minimum absolute atomic E-state index is 0.106. The van der Waals surface area contributed by atoms with E-state index >= 15 is 0 Å². The lowest BCUT2D eigenvalue weighted by molar-refractivity contribution is -0.133. The van der Waals surface area contributed by atoms with Crippen LogP contribution in [0.1, 0.15) is 11.1 Å². The molecule has 0 saturated carbocycles. The molecule has 0 aliphatic carbocycles. The van der Waals surface area contributed by atoms with Gasteiger partial charge >= 0.3 is 11.8 Å². The van der Waals surface area contributed by atoms with Crippen molar-refractivity contribution in [2.45, 2.75) is 13.8 Å². The normalized spacial score (nSPS) is 10.1. The number of phenolic OH excluding ortho intramolecular Hbond substituents is 1. The summed E-state index contributed by atoms with van der Waals surface area (Å²) in [5.74, 6) is -1.82. The standard InChI is InChI=1S/C16H15ClN2O3/c1-9-3-6-14(20)13(7-9)19-16(22)15(21)18-12-8-11(17)5-4-10(12)2/h3-8,20H,1-2H3,(H,18,21)(H,19,22). The first-order chi connectivity index (χ1) is 10.4. The number of hydrogen-bond acceptors (Lipinski definition) is 3. The van der Waals surface area contributed by atoms with E-state index in [2.05, 4.69) is 10.6 Å². The van der Waals surface area contributed by atoms with E-state index in [-0.39, 0.29) is 11.4 Å². The number of hydrogen-bond donors (Lipinski definition) is 3. The fourth-order valence-electron chi connectivity index (χ4n) is 1.84. The Balaban J connectivity index is 2.11. The van der Waals surface area contributed by atoms with E-state index in [1.807, 2.05) is 6.92 Å². The summed E-state index contributed by atoms with van der Waals surface area (Å²) in [6, 6.07) is 9.71. The molecule has 5 nitrogen and oxygen atoms in total. The Labute approximate surface area is 132 Å². The number of aryl methyl sites for hydroxylation is 2. The predicted molar refractivity (Wildman–Crippen MR) is 86.3 cm³/mol. The average molecular weight is 319 g/mol. The minimum Gasteiger partial charge on any atom is -0.506 e. The zero-order valence-corrected chi connectivity index (χ0v) is 12.9. The lowest BCUT2D eigenvalue weighted by Gasteiger charge is -2.10. The monoisotopic (exact) mass is 318 g/mol. The van der Waals surface area contributed by atoms with Crippen molar-refractivity contribution in [2.24, 2.45) is 0 Å². The largest absolute Gasteiger partial charge is 0.506 e. The molecule has 0 unspecified atom stereocenters. The van der Waals surface area contributed by atoms with Gasteiger partial charge in [-0.15, -0.1) is 0 Å². The van der Waals surface area contributed by atoms with Gasteiger partial charge < -0.3 is 15.7 Å². The molecule has 22 heavy (non-hydrogen) atoms. The molecule has 114 valence electrons. The summed E-state index contributed by atoms with van der Waals surface area (Å²) in [5, 5.41) is 15.0. The van der Waals surface area contributed by atoms with Crippen molar-refractivity contribution in [2.75, 3.05) is 10.6 Å². The molecule has 0 atom stereocenters. The highest BCUT2D eigenvalue weighted by Crippen LogP contribution is 2.24. The van der Waals surface area contributed by atoms with Gasteiger partial charge in [0.25, 0.3) is 0 Å². The Hall–Kier alpha value is -2.53. The van der Waals surface area contributed by atoms with Crippen molar-refractivity contribution in [1.29, 1.82) is 0 Å². The highest BCUT2D eigenvalue weighted by atomic mass is 35.5. The predicted octanol–water partition coefficient (Wildman–Crippen LogP) is 3.24. The summed E-state index contributed by atoms with van der Waals surface area (Å²) in [6.07, 6.45) is 0. The number of benzene rings is 2. The number of nitrogens with one attached hydrogen (secondary N) is 2. The van der Waals surface area contributed by atoms with Gasteiger partial charge in [-0.1, -0.05) is 23.7 Å². The SMILES string of the molecule is Cc1ccc(O)c(NC(=O)C(=O)Nc2cc(Cl)ccc2C)c1. The zero-order chi connectivity index (χ0) is 16.3. The molecule has 0 heterocycles. The molecule has 3 N–H and O–H groups in total. The lowest BCUT2D eigenvalue weighted by Crippen LogP contribution is -2.29. The molecule has 6 heteroatoms. The maximum absolute atomic E-state index is 11.9. The van der Waals surface area contributed by atoms with Crippen LogP contribution in [0.25, 0.3) is 0 Å². The van der Waals surface area contributed by atoms with Gasteiger partial charge in [0, 0.05) is 10.7 Å². The van der Waals surface area contributed by atoms with Crippen LogP contribution in [0.15, 0.2) is 36.4 Å². The van der Waals surface area contributed by atoms with Crippen LogP contribution in [-0.2, 0) is 9.59 Å². The van der Waals surface area contributed by atoms with Crippen molar-refractivity contribution in [3.05, 3.63) is 52.5 Å². The van der Waals surface area contributed by atoms with Crippen molar-refractivity contribution in [3.63, 3.8) is 0 Å². The maximum Gasteiger partial charge on any atom is 0.314 e. The van der Waals surface area contributed by atoms with Crippen LogP contribution in [0, 0.1) is 13.8 Å². The van der Waals surface area contributed by atoms with Gasteiger partial charge in [0.1, 0.15) is 5.75 Å².